The minimum absolute atomic E-state index is 0.315. The van der Waals surface area contributed by atoms with Gasteiger partial charge in [0.2, 0.25) is 0 Å². The first-order valence-electron chi connectivity index (χ1n) is 10.5. The van der Waals surface area contributed by atoms with Gasteiger partial charge in [0.15, 0.2) is 0 Å². The molecule has 0 unspecified atom stereocenters. The SMILES string of the molecule is O=c1cc(-c2cc3ccccc3oc2=O)c2ccc3c(c2o1)CN(Cc1cccnc1)CO3. The Bertz CT molecular complexity index is 1620. The standard InChI is InChI=1S/C26H18N2O5/c29-24-11-19(20-10-17-5-1-2-6-22(17)32-26(20)30)18-7-8-23-21(25(18)33-24)14-28(15-31-23)13-16-4-3-9-27-12-16/h1-12H,13-15H2. The first-order valence-corrected chi connectivity index (χ1v) is 10.5. The van der Waals surface area contributed by atoms with Crippen molar-refractivity contribution in [3.8, 4) is 16.9 Å². The molecule has 0 radical (unpaired) electrons. The Labute approximate surface area is 187 Å². The molecule has 0 atom stereocenters. The first kappa shape index (κ1) is 19.5. The maximum absolute atomic E-state index is 12.8. The number of hydrogen-bond acceptors (Lipinski definition) is 7. The molecule has 7 heteroatoms. The summed E-state index contributed by atoms with van der Waals surface area (Å²) in [4.78, 5) is 31.6. The quantitative estimate of drug-likeness (QED) is 0.388. The fourth-order valence-electron chi connectivity index (χ4n) is 4.30. The van der Waals surface area contributed by atoms with Gasteiger partial charge < -0.3 is 13.6 Å². The van der Waals surface area contributed by atoms with Crippen LogP contribution in [0.5, 0.6) is 5.75 Å². The van der Waals surface area contributed by atoms with Gasteiger partial charge in [-0.1, -0.05) is 24.3 Å². The summed E-state index contributed by atoms with van der Waals surface area (Å²) in [5.41, 5.74) is 2.49. The van der Waals surface area contributed by atoms with Gasteiger partial charge in [-0.3, -0.25) is 9.88 Å². The van der Waals surface area contributed by atoms with Crippen molar-refractivity contribution in [2.75, 3.05) is 6.73 Å². The number of aromatic nitrogens is 1. The largest absolute Gasteiger partial charge is 0.478 e. The first-order chi connectivity index (χ1) is 16.2. The molecule has 33 heavy (non-hydrogen) atoms. The highest BCUT2D eigenvalue weighted by Gasteiger charge is 2.24. The fraction of sp³-hybridized carbons (Fsp3) is 0.115. The maximum atomic E-state index is 12.8. The summed E-state index contributed by atoms with van der Waals surface area (Å²) < 4.78 is 17.1. The second kappa shape index (κ2) is 7.72. The van der Waals surface area contributed by atoms with Gasteiger partial charge in [-0.15, -0.1) is 0 Å². The number of fused-ring (bicyclic) bond motifs is 4. The predicted octanol–water partition coefficient (Wildman–Crippen LogP) is 4.31. The Balaban J connectivity index is 1.49. The smallest absolute Gasteiger partial charge is 0.344 e. The number of pyridine rings is 1. The topological polar surface area (TPSA) is 85.8 Å². The van der Waals surface area contributed by atoms with Gasteiger partial charge in [0, 0.05) is 47.9 Å². The van der Waals surface area contributed by atoms with Crippen LogP contribution in [0.15, 0.2) is 91.5 Å². The van der Waals surface area contributed by atoms with Crippen molar-refractivity contribution in [1.82, 2.24) is 9.88 Å². The lowest BCUT2D eigenvalue weighted by molar-refractivity contribution is 0.0889. The molecular weight excluding hydrogens is 420 g/mol. The number of ether oxygens (including phenoxy) is 1. The van der Waals surface area contributed by atoms with Crippen molar-refractivity contribution in [2.45, 2.75) is 13.1 Å². The van der Waals surface area contributed by atoms with E-state index in [1.165, 1.54) is 6.07 Å². The molecule has 0 amide bonds. The Morgan fingerprint density at radius 1 is 0.939 bits per heavy atom. The van der Waals surface area contributed by atoms with Crippen molar-refractivity contribution < 1.29 is 13.6 Å². The van der Waals surface area contributed by atoms with E-state index in [0.29, 0.717) is 53.2 Å². The third-order valence-electron chi connectivity index (χ3n) is 5.82. The van der Waals surface area contributed by atoms with Gasteiger partial charge in [-0.05, 0) is 35.9 Å². The summed E-state index contributed by atoms with van der Waals surface area (Å²) in [5, 5.41) is 1.43. The Kier molecular flexibility index (Phi) is 4.55. The number of nitrogens with zero attached hydrogens (tertiary/aromatic N) is 2. The van der Waals surface area contributed by atoms with Crippen molar-refractivity contribution in [1.29, 1.82) is 0 Å². The zero-order valence-electron chi connectivity index (χ0n) is 17.5. The van der Waals surface area contributed by atoms with Gasteiger partial charge in [0.1, 0.15) is 23.6 Å². The van der Waals surface area contributed by atoms with Crippen molar-refractivity contribution in [2.24, 2.45) is 0 Å². The highest BCUT2D eigenvalue weighted by molar-refractivity contribution is 5.97. The lowest BCUT2D eigenvalue weighted by Gasteiger charge is -2.29. The minimum Gasteiger partial charge on any atom is -0.478 e. The predicted molar refractivity (Wildman–Crippen MR) is 123 cm³/mol. The molecule has 0 saturated heterocycles. The van der Waals surface area contributed by atoms with Crippen LogP contribution in [-0.2, 0) is 13.1 Å². The van der Waals surface area contributed by atoms with Gasteiger partial charge in [-0.25, -0.2) is 9.59 Å². The van der Waals surface area contributed by atoms with Crippen LogP contribution in [0.25, 0.3) is 33.1 Å². The molecule has 162 valence electrons. The Morgan fingerprint density at radius 2 is 1.85 bits per heavy atom. The van der Waals surface area contributed by atoms with Gasteiger partial charge >= 0.3 is 11.3 Å². The van der Waals surface area contributed by atoms with Crippen LogP contribution in [0.3, 0.4) is 0 Å². The third-order valence-corrected chi connectivity index (χ3v) is 5.82. The molecule has 4 heterocycles. The summed E-state index contributed by atoms with van der Waals surface area (Å²) in [6.07, 6.45) is 3.55. The minimum atomic E-state index is -0.539. The maximum Gasteiger partial charge on any atom is 0.344 e. The Morgan fingerprint density at radius 3 is 2.73 bits per heavy atom. The van der Waals surface area contributed by atoms with E-state index in [2.05, 4.69) is 9.88 Å². The van der Waals surface area contributed by atoms with E-state index in [1.807, 2.05) is 42.6 Å². The molecule has 3 aromatic heterocycles. The summed E-state index contributed by atoms with van der Waals surface area (Å²) in [6, 6.07) is 17.9. The molecular formula is C26H18N2O5. The average molecular weight is 438 g/mol. The van der Waals surface area contributed by atoms with Crippen molar-refractivity contribution in [3.63, 3.8) is 0 Å². The van der Waals surface area contributed by atoms with Crippen molar-refractivity contribution in [3.05, 3.63) is 105 Å². The highest BCUT2D eigenvalue weighted by atomic mass is 16.5. The van der Waals surface area contributed by atoms with Crippen LogP contribution < -0.4 is 16.0 Å². The molecule has 6 rings (SSSR count). The van der Waals surface area contributed by atoms with E-state index in [1.54, 1.807) is 24.4 Å². The second-order valence-electron chi connectivity index (χ2n) is 8.01. The van der Waals surface area contributed by atoms with E-state index in [9.17, 15) is 9.59 Å². The molecule has 5 aromatic rings. The fourth-order valence-corrected chi connectivity index (χ4v) is 4.30. The molecule has 1 aliphatic heterocycles. The molecule has 0 fully saturated rings. The summed E-state index contributed by atoms with van der Waals surface area (Å²) >= 11 is 0. The zero-order valence-corrected chi connectivity index (χ0v) is 17.5. The molecule has 0 bridgehead atoms. The highest BCUT2D eigenvalue weighted by Crippen LogP contribution is 2.36. The number of hydrogen-bond donors (Lipinski definition) is 0. The van der Waals surface area contributed by atoms with Gasteiger partial charge in [-0.2, -0.15) is 0 Å². The molecule has 0 N–H and O–H groups in total. The molecule has 0 saturated carbocycles. The van der Waals surface area contributed by atoms with Crippen LogP contribution in [0, 0.1) is 0 Å². The van der Waals surface area contributed by atoms with Crippen LogP contribution >= 0.6 is 0 Å². The van der Waals surface area contributed by atoms with E-state index in [-0.39, 0.29) is 0 Å². The number of benzene rings is 2. The Hall–Kier alpha value is -4.23. The monoisotopic (exact) mass is 438 g/mol. The third kappa shape index (κ3) is 3.48. The van der Waals surface area contributed by atoms with Crippen LogP contribution in [-0.4, -0.2) is 16.6 Å². The lowest BCUT2D eigenvalue weighted by Crippen LogP contribution is -2.31. The number of para-hydroxylation sites is 1. The van der Waals surface area contributed by atoms with Crippen molar-refractivity contribution >= 4 is 21.9 Å². The average Bonchev–Trinajstić information content (AvgIpc) is 2.84. The van der Waals surface area contributed by atoms with Gasteiger partial charge in [0.05, 0.1) is 11.1 Å². The zero-order chi connectivity index (χ0) is 22.4. The van der Waals surface area contributed by atoms with Crippen LogP contribution in [0.1, 0.15) is 11.1 Å². The van der Waals surface area contributed by atoms with E-state index in [0.717, 1.165) is 16.5 Å². The van der Waals surface area contributed by atoms with E-state index < -0.39 is 11.3 Å². The van der Waals surface area contributed by atoms with Crippen LogP contribution in [0.2, 0.25) is 0 Å². The lowest BCUT2D eigenvalue weighted by atomic mass is 9.99. The van der Waals surface area contributed by atoms with Gasteiger partial charge in [0.25, 0.3) is 0 Å². The molecule has 0 aliphatic carbocycles. The number of rotatable bonds is 3. The molecule has 7 nitrogen and oxygen atoms in total. The summed E-state index contributed by atoms with van der Waals surface area (Å²) in [7, 11) is 0. The second-order valence-corrected chi connectivity index (χ2v) is 8.01. The molecule has 0 spiro atoms. The molecule has 2 aromatic carbocycles. The normalized spacial score (nSPS) is 13.7. The van der Waals surface area contributed by atoms with E-state index >= 15 is 0 Å². The molecule has 1 aliphatic rings. The summed E-state index contributed by atoms with van der Waals surface area (Å²) in [6.45, 7) is 1.58. The summed E-state index contributed by atoms with van der Waals surface area (Å²) in [5.74, 6) is 0.663. The van der Waals surface area contributed by atoms with E-state index in [4.69, 9.17) is 13.6 Å². The van der Waals surface area contributed by atoms with Crippen LogP contribution in [0.4, 0.5) is 0 Å².